The maximum absolute atomic E-state index is 11.9. The second-order valence-corrected chi connectivity index (χ2v) is 8.78. The van der Waals surface area contributed by atoms with Crippen LogP contribution in [0.5, 0.6) is 0 Å². The Kier molecular flexibility index (Phi) is 5.13. The van der Waals surface area contributed by atoms with E-state index in [9.17, 15) is 9.90 Å². The quantitative estimate of drug-likeness (QED) is 0.555. The normalized spacial score (nSPS) is 25.6. The van der Waals surface area contributed by atoms with Gasteiger partial charge < -0.3 is 9.84 Å². The summed E-state index contributed by atoms with van der Waals surface area (Å²) >= 11 is 6.09. The van der Waals surface area contributed by atoms with Crippen molar-refractivity contribution in [3.8, 4) is 0 Å². The van der Waals surface area contributed by atoms with Crippen LogP contribution < -0.4 is 0 Å². The van der Waals surface area contributed by atoms with E-state index >= 15 is 0 Å². The van der Waals surface area contributed by atoms with E-state index in [-0.39, 0.29) is 24.1 Å². The van der Waals surface area contributed by atoms with Crippen molar-refractivity contribution in [1.82, 2.24) is 4.90 Å². The fourth-order valence-electron chi connectivity index (χ4n) is 5.24. The molecule has 2 saturated heterocycles. The van der Waals surface area contributed by atoms with Crippen LogP contribution in [0, 0.1) is 0 Å². The molecule has 0 aliphatic carbocycles. The van der Waals surface area contributed by atoms with Gasteiger partial charge in [-0.1, -0.05) is 60.1 Å². The van der Waals surface area contributed by atoms with E-state index < -0.39 is 6.09 Å². The van der Waals surface area contributed by atoms with Crippen molar-refractivity contribution in [2.75, 3.05) is 0 Å². The molecule has 4 unspecified atom stereocenters. The van der Waals surface area contributed by atoms with Gasteiger partial charge in [-0.05, 0) is 59.4 Å². The number of ether oxygens (including phenoxy) is 1. The van der Waals surface area contributed by atoms with Gasteiger partial charge >= 0.3 is 6.09 Å². The summed E-state index contributed by atoms with van der Waals surface area (Å²) in [6, 6.07) is 22.5. The average molecular weight is 422 g/mol. The number of piperidine rings is 1. The molecule has 154 valence electrons. The summed E-state index contributed by atoms with van der Waals surface area (Å²) in [5.41, 5.74) is 2.27. The lowest BCUT2D eigenvalue weighted by Crippen LogP contribution is -2.53. The molecule has 3 aromatic carbocycles. The molecule has 2 aliphatic rings. The van der Waals surface area contributed by atoms with E-state index in [1.807, 2.05) is 24.3 Å². The zero-order chi connectivity index (χ0) is 20.7. The molecule has 1 N–H and O–H groups in total. The Labute approximate surface area is 181 Å². The molecule has 0 spiro atoms. The van der Waals surface area contributed by atoms with Crippen molar-refractivity contribution in [2.45, 2.75) is 50.0 Å². The number of carbonyl (C=O) groups is 1. The molecule has 3 aromatic rings. The molecule has 0 aromatic heterocycles. The predicted molar refractivity (Wildman–Crippen MR) is 118 cm³/mol. The fraction of sp³-hybridized carbons (Fsp3) is 0.320. The highest BCUT2D eigenvalue weighted by atomic mass is 35.5. The van der Waals surface area contributed by atoms with Crippen LogP contribution in [0.25, 0.3) is 10.8 Å². The Morgan fingerprint density at radius 1 is 1.03 bits per heavy atom. The number of fused-ring (bicyclic) bond motifs is 3. The second kappa shape index (κ2) is 7.93. The van der Waals surface area contributed by atoms with Crippen molar-refractivity contribution >= 4 is 28.5 Å². The van der Waals surface area contributed by atoms with Crippen LogP contribution in [0.4, 0.5) is 4.79 Å². The van der Waals surface area contributed by atoms with E-state index in [0.29, 0.717) is 11.6 Å². The molecule has 2 aliphatic heterocycles. The first-order valence-electron chi connectivity index (χ1n) is 10.5. The van der Waals surface area contributed by atoms with E-state index in [2.05, 4.69) is 42.5 Å². The number of hydrogen-bond donors (Lipinski definition) is 1. The third kappa shape index (κ3) is 3.55. The molecule has 4 nitrogen and oxygen atoms in total. The first-order chi connectivity index (χ1) is 14.6. The fourth-order valence-corrected chi connectivity index (χ4v) is 5.37. The van der Waals surface area contributed by atoms with E-state index in [1.165, 1.54) is 16.3 Å². The molecule has 0 radical (unpaired) electrons. The molecule has 30 heavy (non-hydrogen) atoms. The number of carboxylic acid groups (broad SMARTS) is 1. The summed E-state index contributed by atoms with van der Waals surface area (Å²) < 4.78 is 6.49. The standard InChI is InChI=1S/C25H24ClNO3/c26-20-9-7-18(8-10-20)22-14-21-11-12-23(27(21)25(28)29)24(22)30-15-16-5-6-17-3-1-2-4-19(17)13-16/h1-10,13,21-24H,11-12,14-15H2,(H,28,29). The predicted octanol–water partition coefficient (Wildman–Crippen LogP) is 6.08. The van der Waals surface area contributed by atoms with Gasteiger partial charge in [0.05, 0.1) is 18.8 Å². The molecule has 2 bridgehead atoms. The van der Waals surface area contributed by atoms with Gasteiger partial charge in [0.15, 0.2) is 0 Å². The maximum atomic E-state index is 11.9. The van der Waals surface area contributed by atoms with Gasteiger partial charge in [0, 0.05) is 17.0 Å². The first-order valence-corrected chi connectivity index (χ1v) is 10.8. The van der Waals surface area contributed by atoms with Gasteiger partial charge in [0.1, 0.15) is 0 Å². The van der Waals surface area contributed by atoms with Crippen molar-refractivity contribution in [3.05, 3.63) is 82.9 Å². The minimum Gasteiger partial charge on any atom is -0.465 e. The molecule has 5 rings (SSSR count). The Balaban J connectivity index is 1.43. The number of nitrogens with zero attached hydrogens (tertiary/aromatic N) is 1. The monoisotopic (exact) mass is 421 g/mol. The lowest BCUT2D eigenvalue weighted by molar-refractivity contribution is -0.0534. The summed E-state index contributed by atoms with van der Waals surface area (Å²) in [5, 5.41) is 12.9. The van der Waals surface area contributed by atoms with Crippen molar-refractivity contribution in [1.29, 1.82) is 0 Å². The van der Waals surface area contributed by atoms with Crippen molar-refractivity contribution in [2.24, 2.45) is 0 Å². The summed E-state index contributed by atoms with van der Waals surface area (Å²) in [7, 11) is 0. The molecule has 0 saturated carbocycles. The minimum atomic E-state index is -0.837. The maximum Gasteiger partial charge on any atom is 0.407 e. The Hall–Kier alpha value is -2.56. The third-order valence-electron chi connectivity index (χ3n) is 6.62. The van der Waals surface area contributed by atoms with Gasteiger partial charge in [-0.15, -0.1) is 0 Å². The average Bonchev–Trinajstić information content (AvgIpc) is 3.09. The van der Waals surface area contributed by atoms with E-state index in [4.69, 9.17) is 16.3 Å². The highest BCUT2D eigenvalue weighted by molar-refractivity contribution is 6.30. The summed E-state index contributed by atoms with van der Waals surface area (Å²) in [6.07, 6.45) is 1.52. The smallest absolute Gasteiger partial charge is 0.407 e. The molecular weight excluding hydrogens is 398 g/mol. The van der Waals surface area contributed by atoms with Gasteiger partial charge in [-0.3, -0.25) is 4.90 Å². The Morgan fingerprint density at radius 3 is 2.57 bits per heavy atom. The van der Waals surface area contributed by atoms with Gasteiger partial charge in [-0.2, -0.15) is 0 Å². The van der Waals surface area contributed by atoms with E-state index in [0.717, 1.165) is 24.8 Å². The SMILES string of the molecule is O=C(O)N1C2CCC1C(OCc1ccc3ccccc3c1)C(c1ccc(Cl)cc1)C2. The van der Waals surface area contributed by atoms with Crippen molar-refractivity contribution in [3.63, 3.8) is 0 Å². The highest BCUT2D eigenvalue weighted by Crippen LogP contribution is 2.45. The van der Waals surface area contributed by atoms with Crippen LogP contribution >= 0.6 is 11.6 Å². The Morgan fingerprint density at radius 2 is 1.80 bits per heavy atom. The molecule has 2 heterocycles. The number of rotatable bonds is 4. The Bertz CT molecular complexity index is 1070. The van der Waals surface area contributed by atoms with Crippen LogP contribution in [0.1, 0.15) is 36.3 Å². The number of hydrogen-bond acceptors (Lipinski definition) is 2. The molecule has 4 atom stereocenters. The number of amides is 1. The summed E-state index contributed by atoms with van der Waals surface area (Å²) in [6.45, 7) is 0.466. The van der Waals surface area contributed by atoms with Crippen LogP contribution in [0.15, 0.2) is 66.7 Å². The lowest BCUT2D eigenvalue weighted by atomic mass is 9.82. The summed E-state index contributed by atoms with van der Waals surface area (Å²) in [4.78, 5) is 13.6. The minimum absolute atomic E-state index is 0.0636. The van der Waals surface area contributed by atoms with Crippen molar-refractivity contribution < 1.29 is 14.6 Å². The highest BCUT2D eigenvalue weighted by Gasteiger charge is 2.50. The number of halogens is 1. The van der Waals surface area contributed by atoms with Crippen LogP contribution in [0.3, 0.4) is 0 Å². The topological polar surface area (TPSA) is 49.8 Å². The van der Waals surface area contributed by atoms with Gasteiger partial charge in [-0.25, -0.2) is 4.79 Å². The molecule has 1 amide bonds. The zero-order valence-electron chi connectivity index (χ0n) is 16.6. The molecule has 5 heteroatoms. The molecular formula is C25H24ClNO3. The number of benzene rings is 3. The van der Waals surface area contributed by atoms with Crippen LogP contribution in [0.2, 0.25) is 5.02 Å². The second-order valence-electron chi connectivity index (χ2n) is 8.34. The molecule has 2 fully saturated rings. The van der Waals surface area contributed by atoms with E-state index in [1.54, 1.807) is 4.90 Å². The third-order valence-corrected chi connectivity index (χ3v) is 6.88. The van der Waals surface area contributed by atoms with Gasteiger partial charge in [0.25, 0.3) is 0 Å². The first kappa shape index (κ1) is 19.4. The zero-order valence-corrected chi connectivity index (χ0v) is 17.3. The lowest BCUT2D eigenvalue weighted by Gasteiger charge is -2.43. The largest absolute Gasteiger partial charge is 0.465 e. The van der Waals surface area contributed by atoms with Crippen LogP contribution in [-0.2, 0) is 11.3 Å². The van der Waals surface area contributed by atoms with Gasteiger partial charge in [0.2, 0.25) is 0 Å². The van der Waals surface area contributed by atoms with Crippen LogP contribution in [-0.4, -0.2) is 34.3 Å². The summed E-state index contributed by atoms with van der Waals surface area (Å²) in [5.74, 6) is 0.163.